The molecule has 1 aliphatic carbocycles. The maximum atomic E-state index is 12.8. The van der Waals surface area contributed by atoms with Crippen LogP contribution in [0, 0.1) is 12.8 Å². The number of piperidine rings is 1. The van der Waals surface area contributed by atoms with E-state index < -0.39 is 0 Å². The second kappa shape index (κ2) is 11.1. The summed E-state index contributed by atoms with van der Waals surface area (Å²) in [7, 11) is 0. The lowest BCUT2D eigenvalue weighted by atomic mass is 9.85. The van der Waals surface area contributed by atoms with Crippen molar-refractivity contribution in [3.8, 4) is 5.75 Å². The number of pyridine rings is 1. The summed E-state index contributed by atoms with van der Waals surface area (Å²) in [6.07, 6.45) is 7.68. The average molecular weight is 481 g/mol. The van der Waals surface area contributed by atoms with Crippen LogP contribution in [0.15, 0.2) is 29.1 Å². The molecule has 0 bridgehead atoms. The summed E-state index contributed by atoms with van der Waals surface area (Å²) in [5.74, 6) is 1.28. The molecular formula is C28H40N4O3. The Hall–Kier alpha value is -2.38. The van der Waals surface area contributed by atoms with Crippen molar-refractivity contribution in [3.63, 3.8) is 0 Å². The number of carbonyl (C=O) groups is 1. The normalized spacial score (nSPS) is 20.2. The molecule has 1 aromatic heterocycles. The van der Waals surface area contributed by atoms with Crippen molar-refractivity contribution in [2.75, 3.05) is 59.0 Å². The largest absolute Gasteiger partial charge is 0.484 e. The van der Waals surface area contributed by atoms with Crippen molar-refractivity contribution in [2.45, 2.75) is 52.0 Å². The summed E-state index contributed by atoms with van der Waals surface area (Å²) >= 11 is 0. The van der Waals surface area contributed by atoms with Crippen LogP contribution in [0.25, 0.3) is 10.9 Å². The fraction of sp³-hybridized carbons (Fsp3) is 0.643. The molecule has 7 heteroatoms. The minimum absolute atomic E-state index is 0.0388. The molecule has 2 aromatic rings. The first-order valence-corrected chi connectivity index (χ1v) is 13.6. The van der Waals surface area contributed by atoms with Crippen molar-refractivity contribution in [2.24, 2.45) is 5.92 Å². The van der Waals surface area contributed by atoms with Crippen LogP contribution in [-0.2, 0) is 11.3 Å². The zero-order valence-electron chi connectivity index (χ0n) is 21.2. The van der Waals surface area contributed by atoms with Crippen molar-refractivity contribution >= 4 is 16.8 Å². The molecule has 3 aliphatic rings. The third-order valence-electron chi connectivity index (χ3n) is 8.22. The summed E-state index contributed by atoms with van der Waals surface area (Å²) in [6.45, 7) is 10.9. The van der Waals surface area contributed by atoms with Gasteiger partial charge in [-0.15, -0.1) is 0 Å². The van der Waals surface area contributed by atoms with E-state index in [2.05, 4.69) is 9.80 Å². The van der Waals surface area contributed by atoms with E-state index in [9.17, 15) is 9.59 Å². The first-order valence-electron chi connectivity index (χ1n) is 13.6. The number of nitrogens with zero attached hydrogens (tertiary/aromatic N) is 4. The van der Waals surface area contributed by atoms with Gasteiger partial charge in [0, 0.05) is 63.3 Å². The van der Waals surface area contributed by atoms with Gasteiger partial charge >= 0.3 is 0 Å². The van der Waals surface area contributed by atoms with Gasteiger partial charge in [0.25, 0.3) is 11.5 Å². The molecule has 0 radical (unpaired) electrons. The van der Waals surface area contributed by atoms with Gasteiger partial charge in [0.1, 0.15) is 5.75 Å². The van der Waals surface area contributed by atoms with E-state index in [0.717, 1.165) is 62.3 Å². The number of aryl methyl sites for hydroxylation is 1. The minimum Gasteiger partial charge on any atom is -0.484 e. The Kier molecular flexibility index (Phi) is 7.73. The number of benzene rings is 1. The predicted octanol–water partition coefficient (Wildman–Crippen LogP) is 3.12. The third-order valence-corrected chi connectivity index (χ3v) is 8.22. The summed E-state index contributed by atoms with van der Waals surface area (Å²) in [4.78, 5) is 32.5. The Balaban J connectivity index is 1.14. The zero-order valence-corrected chi connectivity index (χ0v) is 21.2. The molecule has 35 heavy (non-hydrogen) atoms. The molecule has 7 nitrogen and oxygen atoms in total. The van der Waals surface area contributed by atoms with Crippen molar-refractivity contribution in [1.82, 2.24) is 19.3 Å². The van der Waals surface area contributed by atoms with Crippen molar-refractivity contribution in [1.29, 1.82) is 0 Å². The highest BCUT2D eigenvalue weighted by molar-refractivity contribution is 5.84. The number of aromatic nitrogens is 1. The highest BCUT2D eigenvalue weighted by Crippen LogP contribution is 2.30. The second-order valence-corrected chi connectivity index (χ2v) is 10.7. The molecule has 0 spiro atoms. The molecule has 190 valence electrons. The molecule has 1 amide bonds. The van der Waals surface area contributed by atoms with Gasteiger partial charge in [0.15, 0.2) is 6.61 Å². The van der Waals surface area contributed by atoms with Gasteiger partial charge in [0.05, 0.1) is 5.52 Å². The Morgan fingerprint density at radius 1 is 0.914 bits per heavy atom. The van der Waals surface area contributed by atoms with Crippen LogP contribution in [0.2, 0.25) is 0 Å². The molecule has 0 N–H and O–H groups in total. The van der Waals surface area contributed by atoms with Gasteiger partial charge in [-0.05, 0) is 69.3 Å². The molecule has 1 saturated carbocycles. The Labute approximate surface area is 208 Å². The van der Waals surface area contributed by atoms with Crippen LogP contribution in [0.4, 0.5) is 0 Å². The van der Waals surface area contributed by atoms with Gasteiger partial charge in [0.2, 0.25) is 0 Å². The number of carbonyl (C=O) groups excluding carboxylic acids is 1. The molecule has 3 fully saturated rings. The Morgan fingerprint density at radius 3 is 2.31 bits per heavy atom. The maximum Gasteiger partial charge on any atom is 0.260 e. The van der Waals surface area contributed by atoms with Crippen LogP contribution in [0.3, 0.4) is 0 Å². The quantitative estimate of drug-likeness (QED) is 0.581. The zero-order chi connectivity index (χ0) is 24.2. The van der Waals surface area contributed by atoms with Gasteiger partial charge in [-0.1, -0.05) is 12.8 Å². The fourth-order valence-electron chi connectivity index (χ4n) is 5.66. The lowest BCUT2D eigenvalue weighted by molar-refractivity contribution is -0.135. The predicted molar refractivity (Wildman–Crippen MR) is 139 cm³/mol. The van der Waals surface area contributed by atoms with Gasteiger partial charge in [-0.3, -0.25) is 14.5 Å². The number of hydrogen-bond acceptors (Lipinski definition) is 5. The molecule has 2 aliphatic heterocycles. The summed E-state index contributed by atoms with van der Waals surface area (Å²) in [6, 6.07) is 7.60. The molecule has 3 heterocycles. The van der Waals surface area contributed by atoms with Crippen molar-refractivity contribution < 1.29 is 9.53 Å². The number of hydrogen-bond donors (Lipinski definition) is 0. The molecule has 5 rings (SSSR count). The van der Waals surface area contributed by atoms with Gasteiger partial charge in [-0.25, -0.2) is 0 Å². The minimum atomic E-state index is 0.0388. The lowest BCUT2D eigenvalue weighted by Crippen LogP contribution is -2.51. The third kappa shape index (κ3) is 5.89. The van der Waals surface area contributed by atoms with E-state index in [4.69, 9.17) is 4.74 Å². The van der Waals surface area contributed by atoms with E-state index in [1.807, 2.05) is 34.6 Å². The standard InChI is InChI=1S/C28H40N4O3/c1-22-18-27(33)32(20-23-6-5-7-23)26-19-24(8-9-25(22)26)35-21-28(34)31-16-14-30(15-17-31)13-12-29-10-3-2-4-11-29/h8-9,18-19,23H,2-7,10-17,20-21H2,1H3. The van der Waals surface area contributed by atoms with Crippen molar-refractivity contribution in [3.05, 3.63) is 40.2 Å². The fourth-order valence-corrected chi connectivity index (χ4v) is 5.66. The Morgan fingerprint density at radius 2 is 1.63 bits per heavy atom. The average Bonchev–Trinajstić information content (AvgIpc) is 2.85. The summed E-state index contributed by atoms with van der Waals surface area (Å²) in [5, 5.41) is 1.07. The lowest BCUT2D eigenvalue weighted by Gasteiger charge is -2.36. The molecule has 0 atom stereocenters. The van der Waals surface area contributed by atoms with E-state index in [0.29, 0.717) is 11.7 Å². The molecule has 0 unspecified atom stereocenters. The van der Waals surface area contributed by atoms with Gasteiger partial charge in [-0.2, -0.15) is 0 Å². The Bertz CT molecular complexity index is 1080. The smallest absolute Gasteiger partial charge is 0.260 e. The monoisotopic (exact) mass is 480 g/mol. The first-order chi connectivity index (χ1) is 17.1. The van der Waals surface area contributed by atoms with Gasteiger partial charge < -0.3 is 19.1 Å². The van der Waals surface area contributed by atoms with E-state index in [-0.39, 0.29) is 18.1 Å². The molecule has 1 aromatic carbocycles. The van der Waals surface area contributed by atoms with Crippen LogP contribution in [0.1, 0.15) is 44.1 Å². The maximum absolute atomic E-state index is 12.8. The SMILES string of the molecule is Cc1cc(=O)n(CC2CCC2)c2cc(OCC(=O)N3CCN(CCN4CCCCC4)CC3)ccc12. The first kappa shape index (κ1) is 24.3. The number of ether oxygens (including phenoxy) is 1. The summed E-state index contributed by atoms with van der Waals surface area (Å²) < 4.78 is 7.83. The van der Waals surface area contributed by atoms with E-state index in [1.54, 1.807) is 6.07 Å². The highest BCUT2D eigenvalue weighted by Gasteiger charge is 2.23. The number of fused-ring (bicyclic) bond motifs is 1. The highest BCUT2D eigenvalue weighted by atomic mass is 16.5. The van der Waals surface area contributed by atoms with E-state index in [1.165, 1.54) is 51.6 Å². The van der Waals surface area contributed by atoms with Crippen LogP contribution >= 0.6 is 0 Å². The topological polar surface area (TPSA) is 58.0 Å². The molecule has 2 saturated heterocycles. The number of likely N-dealkylation sites (tertiary alicyclic amines) is 1. The number of amides is 1. The molecular weight excluding hydrogens is 440 g/mol. The summed E-state index contributed by atoms with van der Waals surface area (Å²) in [5.41, 5.74) is 1.94. The number of rotatable bonds is 8. The number of piperazine rings is 1. The second-order valence-electron chi connectivity index (χ2n) is 10.7. The van der Waals surface area contributed by atoms with Crippen LogP contribution in [-0.4, -0.2) is 84.1 Å². The van der Waals surface area contributed by atoms with E-state index >= 15 is 0 Å². The van der Waals surface area contributed by atoms with Crippen LogP contribution < -0.4 is 10.3 Å². The van der Waals surface area contributed by atoms with Crippen LogP contribution in [0.5, 0.6) is 5.75 Å².